The fourth-order valence-corrected chi connectivity index (χ4v) is 3.78. The van der Waals surface area contributed by atoms with E-state index in [1.807, 2.05) is 32.0 Å². The summed E-state index contributed by atoms with van der Waals surface area (Å²) >= 11 is 3.46. The largest absolute Gasteiger partial charge is 0.496 e. The molecule has 1 unspecified atom stereocenters. The van der Waals surface area contributed by atoms with E-state index in [1.165, 1.54) is 0 Å². The summed E-state index contributed by atoms with van der Waals surface area (Å²) in [5.74, 6) is 0.829. The molecule has 0 spiro atoms. The maximum atomic E-state index is 12.8. The van der Waals surface area contributed by atoms with Gasteiger partial charge >= 0.3 is 0 Å². The van der Waals surface area contributed by atoms with Crippen molar-refractivity contribution in [3.05, 3.63) is 28.2 Å². The van der Waals surface area contributed by atoms with Gasteiger partial charge in [-0.3, -0.25) is 4.79 Å². The molecule has 1 atom stereocenters. The Kier molecular flexibility index (Phi) is 4.43. The van der Waals surface area contributed by atoms with Gasteiger partial charge in [0.05, 0.1) is 17.7 Å². The highest BCUT2D eigenvalue weighted by molar-refractivity contribution is 9.10. The number of rotatable bonds is 3. The van der Waals surface area contributed by atoms with Crippen LogP contribution in [-0.4, -0.2) is 12.9 Å². The minimum atomic E-state index is -0.893. The van der Waals surface area contributed by atoms with Crippen LogP contribution >= 0.6 is 15.9 Å². The molecule has 1 saturated carbocycles. The predicted octanol–water partition coefficient (Wildman–Crippen LogP) is 4.29. The monoisotopic (exact) mass is 349 g/mol. The molecule has 1 aliphatic carbocycles. The lowest BCUT2D eigenvalue weighted by Crippen LogP contribution is -2.45. The summed E-state index contributed by atoms with van der Waals surface area (Å²) in [4.78, 5) is 12.8. The summed E-state index contributed by atoms with van der Waals surface area (Å²) in [6, 6.07) is 8.05. The minimum Gasteiger partial charge on any atom is -0.496 e. The highest BCUT2D eigenvalue weighted by Crippen LogP contribution is 2.45. The molecular weight excluding hydrogens is 330 g/mol. The van der Waals surface area contributed by atoms with Crippen LogP contribution in [-0.2, 0) is 11.2 Å². The van der Waals surface area contributed by atoms with Gasteiger partial charge in [-0.25, -0.2) is 0 Å². The van der Waals surface area contributed by atoms with Crippen LogP contribution in [0.3, 0.4) is 0 Å². The zero-order chi connectivity index (χ0) is 15.7. The molecule has 0 amide bonds. The lowest BCUT2D eigenvalue weighted by atomic mass is 9.61. The van der Waals surface area contributed by atoms with Crippen molar-refractivity contribution in [1.29, 1.82) is 5.26 Å². The van der Waals surface area contributed by atoms with Crippen LogP contribution in [0.2, 0.25) is 0 Å². The van der Waals surface area contributed by atoms with Crippen molar-refractivity contribution in [2.45, 2.75) is 39.5 Å². The zero-order valence-corrected chi connectivity index (χ0v) is 14.3. The molecule has 0 bridgehead atoms. The van der Waals surface area contributed by atoms with Gasteiger partial charge in [0, 0.05) is 5.41 Å². The molecule has 0 aliphatic heterocycles. The highest BCUT2D eigenvalue weighted by atomic mass is 79.9. The maximum absolute atomic E-state index is 12.8. The third-order valence-electron chi connectivity index (χ3n) is 4.39. The first kappa shape index (κ1) is 16.0. The van der Waals surface area contributed by atoms with Crippen molar-refractivity contribution in [2.75, 3.05) is 7.11 Å². The number of halogens is 1. The topological polar surface area (TPSA) is 50.1 Å². The number of methoxy groups -OCH3 is 1. The summed E-state index contributed by atoms with van der Waals surface area (Å²) in [5, 5.41) is 9.67. The van der Waals surface area contributed by atoms with Crippen molar-refractivity contribution < 1.29 is 9.53 Å². The van der Waals surface area contributed by atoms with Crippen LogP contribution in [0.1, 0.15) is 38.7 Å². The summed E-state index contributed by atoms with van der Waals surface area (Å²) in [6.45, 7) is 3.90. The van der Waals surface area contributed by atoms with Crippen molar-refractivity contribution in [3.8, 4) is 11.8 Å². The molecule has 0 saturated heterocycles. The molecule has 0 radical (unpaired) electrons. The highest BCUT2D eigenvalue weighted by Gasteiger charge is 2.48. The Morgan fingerprint density at radius 2 is 2.10 bits per heavy atom. The van der Waals surface area contributed by atoms with E-state index in [1.54, 1.807) is 7.11 Å². The van der Waals surface area contributed by atoms with E-state index in [0.717, 1.165) is 28.6 Å². The van der Waals surface area contributed by atoms with Crippen LogP contribution in [0.4, 0.5) is 0 Å². The predicted molar refractivity (Wildman–Crippen MR) is 85.1 cm³/mol. The molecule has 1 aliphatic rings. The molecule has 0 heterocycles. The molecular formula is C17H20BrNO2. The van der Waals surface area contributed by atoms with Crippen LogP contribution in [0.25, 0.3) is 0 Å². The Labute approximate surface area is 134 Å². The van der Waals surface area contributed by atoms with Crippen LogP contribution in [0.15, 0.2) is 22.7 Å². The Morgan fingerprint density at radius 3 is 2.67 bits per heavy atom. The second-order valence-corrected chi connectivity index (χ2v) is 7.26. The number of ketones is 1. The number of carbonyl (C=O) groups excluding carboxylic acids is 1. The summed E-state index contributed by atoms with van der Waals surface area (Å²) < 4.78 is 6.06. The van der Waals surface area contributed by atoms with Crippen molar-refractivity contribution >= 4 is 21.7 Å². The first-order valence-corrected chi connectivity index (χ1v) is 7.92. The number of benzene rings is 1. The molecule has 0 aromatic heterocycles. The van der Waals surface area contributed by atoms with E-state index in [2.05, 4.69) is 22.0 Å². The van der Waals surface area contributed by atoms with E-state index < -0.39 is 10.8 Å². The maximum Gasteiger partial charge on any atom is 0.158 e. The van der Waals surface area contributed by atoms with Gasteiger partial charge in [0.2, 0.25) is 0 Å². The van der Waals surface area contributed by atoms with Gasteiger partial charge in [-0.05, 0) is 52.9 Å². The van der Waals surface area contributed by atoms with Gasteiger partial charge in [0.25, 0.3) is 0 Å². The fraction of sp³-hybridized carbons (Fsp3) is 0.529. The van der Waals surface area contributed by atoms with Gasteiger partial charge in [-0.1, -0.05) is 26.3 Å². The van der Waals surface area contributed by atoms with Crippen LogP contribution < -0.4 is 4.74 Å². The molecule has 0 N–H and O–H groups in total. The first-order chi connectivity index (χ1) is 9.84. The number of hydrogen-bond donors (Lipinski definition) is 0. The van der Waals surface area contributed by atoms with Gasteiger partial charge in [-0.2, -0.15) is 5.26 Å². The molecule has 1 aromatic carbocycles. The number of hydrogen-bond acceptors (Lipinski definition) is 3. The van der Waals surface area contributed by atoms with Gasteiger partial charge in [-0.15, -0.1) is 0 Å². The first-order valence-electron chi connectivity index (χ1n) is 7.13. The number of nitrogens with zero attached hydrogens (tertiary/aromatic N) is 1. The van der Waals surface area contributed by atoms with E-state index in [9.17, 15) is 10.1 Å². The summed E-state index contributed by atoms with van der Waals surface area (Å²) in [7, 11) is 1.61. The molecule has 1 aromatic rings. The minimum absolute atomic E-state index is 0.0793. The van der Waals surface area contributed by atoms with E-state index >= 15 is 0 Å². The van der Waals surface area contributed by atoms with Gasteiger partial charge < -0.3 is 4.74 Å². The Balaban J connectivity index is 2.33. The number of carbonyl (C=O) groups is 1. The van der Waals surface area contributed by atoms with Crippen LogP contribution in [0.5, 0.6) is 5.75 Å². The van der Waals surface area contributed by atoms with Crippen molar-refractivity contribution in [2.24, 2.45) is 10.8 Å². The fourth-order valence-electron chi connectivity index (χ4n) is 3.19. The number of nitriles is 1. The zero-order valence-electron chi connectivity index (χ0n) is 12.7. The Bertz CT molecular complexity index is 603. The second-order valence-electron chi connectivity index (χ2n) is 6.41. The number of Topliss-reactive ketones (excluding diaryl/α,β-unsaturated/α-hetero) is 1. The standard InChI is InChI=1S/C17H20BrNO2/c1-16(2)7-4-8-17(11-19,15(16)20)10-12-5-6-14(21-3)13(18)9-12/h5-6,9H,4,7-8,10H2,1-3H3. The third kappa shape index (κ3) is 2.98. The molecule has 3 nitrogen and oxygen atoms in total. The normalized spacial score (nSPS) is 24.4. The quantitative estimate of drug-likeness (QED) is 0.817. The average Bonchev–Trinajstić information content (AvgIpc) is 2.44. The van der Waals surface area contributed by atoms with Crippen LogP contribution in [0, 0.1) is 22.2 Å². The molecule has 2 rings (SSSR count). The second kappa shape index (κ2) is 5.81. The van der Waals surface area contributed by atoms with Gasteiger partial charge in [0.15, 0.2) is 5.78 Å². The Morgan fingerprint density at radius 1 is 1.38 bits per heavy atom. The lowest BCUT2D eigenvalue weighted by Gasteiger charge is -2.39. The van der Waals surface area contributed by atoms with E-state index in [4.69, 9.17) is 4.74 Å². The molecule has 1 fully saturated rings. The molecule has 21 heavy (non-hydrogen) atoms. The number of ether oxygens (including phenoxy) is 1. The van der Waals surface area contributed by atoms with E-state index in [0.29, 0.717) is 12.8 Å². The lowest BCUT2D eigenvalue weighted by molar-refractivity contribution is -0.138. The van der Waals surface area contributed by atoms with Crippen molar-refractivity contribution in [3.63, 3.8) is 0 Å². The summed E-state index contributed by atoms with van der Waals surface area (Å²) in [5.41, 5.74) is -0.316. The summed E-state index contributed by atoms with van der Waals surface area (Å²) in [6.07, 6.45) is 2.90. The Hall–Kier alpha value is -1.34. The van der Waals surface area contributed by atoms with E-state index in [-0.39, 0.29) is 5.78 Å². The third-order valence-corrected chi connectivity index (χ3v) is 5.01. The average molecular weight is 350 g/mol. The molecule has 112 valence electrons. The smallest absolute Gasteiger partial charge is 0.158 e. The SMILES string of the molecule is COc1ccc(CC2(C#N)CCCC(C)(C)C2=O)cc1Br. The van der Waals surface area contributed by atoms with Gasteiger partial charge in [0.1, 0.15) is 11.2 Å². The van der Waals surface area contributed by atoms with Crippen molar-refractivity contribution in [1.82, 2.24) is 0 Å². The molecule has 4 heteroatoms.